The lowest BCUT2D eigenvalue weighted by Crippen LogP contribution is -2.26. The van der Waals surface area contributed by atoms with Crippen molar-refractivity contribution in [3.8, 4) is 11.1 Å². The molecule has 0 radical (unpaired) electrons. The van der Waals surface area contributed by atoms with Gasteiger partial charge < -0.3 is 15.0 Å². The Morgan fingerprint density at radius 1 is 1.18 bits per heavy atom. The molecule has 1 aromatic heterocycles. The number of aromatic nitrogens is 2. The van der Waals surface area contributed by atoms with Gasteiger partial charge in [-0.25, -0.2) is 0 Å². The molecule has 0 aliphatic heterocycles. The Labute approximate surface area is 132 Å². The number of nitrogens with one attached hydrogen (secondary N) is 1. The molecular formula is C17H26N4O. The second-order valence-corrected chi connectivity index (χ2v) is 5.66. The molecule has 0 atom stereocenters. The third kappa shape index (κ3) is 5.26. The van der Waals surface area contributed by atoms with E-state index < -0.39 is 0 Å². The Kier molecular flexibility index (Phi) is 6.58. The Morgan fingerprint density at radius 3 is 2.64 bits per heavy atom. The van der Waals surface area contributed by atoms with Crippen LogP contribution in [0.4, 0.5) is 0 Å². The van der Waals surface area contributed by atoms with Crippen LogP contribution in [0.1, 0.15) is 5.56 Å². The van der Waals surface area contributed by atoms with Gasteiger partial charge >= 0.3 is 0 Å². The molecule has 5 nitrogen and oxygen atoms in total. The molecule has 0 saturated heterocycles. The lowest BCUT2D eigenvalue weighted by molar-refractivity contribution is 0.183. The third-order valence-corrected chi connectivity index (χ3v) is 3.51. The monoisotopic (exact) mass is 302 g/mol. The van der Waals surface area contributed by atoms with Gasteiger partial charge in [0.1, 0.15) is 0 Å². The first-order valence-corrected chi connectivity index (χ1v) is 7.65. The first kappa shape index (κ1) is 16.7. The Hall–Kier alpha value is -1.69. The molecule has 120 valence electrons. The predicted octanol–water partition coefficient (Wildman–Crippen LogP) is 1.85. The fraction of sp³-hybridized carbons (Fsp3) is 0.471. The predicted molar refractivity (Wildman–Crippen MR) is 89.8 cm³/mol. The van der Waals surface area contributed by atoms with Crippen molar-refractivity contribution in [1.29, 1.82) is 0 Å². The summed E-state index contributed by atoms with van der Waals surface area (Å²) < 4.78 is 6.98. The summed E-state index contributed by atoms with van der Waals surface area (Å²) >= 11 is 0. The first-order valence-electron chi connectivity index (χ1n) is 7.65. The van der Waals surface area contributed by atoms with Crippen molar-refractivity contribution in [2.75, 3.05) is 40.9 Å². The zero-order chi connectivity index (χ0) is 15.8. The SMILES string of the molecule is COCCn1cc(-c2ccc(CNCCN(C)C)cc2)cn1. The van der Waals surface area contributed by atoms with Gasteiger partial charge in [-0.2, -0.15) is 5.10 Å². The largest absolute Gasteiger partial charge is 0.383 e. The molecule has 0 bridgehead atoms. The van der Waals surface area contributed by atoms with Gasteiger partial charge in [-0.3, -0.25) is 4.68 Å². The minimum Gasteiger partial charge on any atom is -0.383 e. The average molecular weight is 302 g/mol. The van der Waals surface area contributed by atoms with E-state index in [1.807, 2.05) is 10.9 Å². The smallest absolute Gasteiger partial charge is 0.0658 e. The van der Waals surface area contributed by atoms with E-state index in [9.17, 15) is 0 Å². The number of hydrogen-bond donors (Lipinski definition) is 1. The van der Waals surface area contributed by atoms with Gasteiger partial charge in [-0.05, 0) is 25.2 Å². The van der Waals surface area contributed by atoms with Crippen LogP contribution in [0.3, 0.4) is 0 Å². The van der Waals surface area contributed by atoms with Crippen LogP contribution in [0, 0.1) is 0 Å². The quantitative estimate of drug-likeness (QED) is 0.718. The van der Waals surface area contributed by atoms with Crippen molar-refractivity contribution in [2.24, 2.45) is 0 Å². The Morgan fingerprint density at radius 2 is 1.95 bits per heavy atom. The molecular weight excluding hydrogens is 276 g/mol. The van der Waals surface area contributed by atoms with Crippen LogP contribution in [0.15, 0.2) is 36.7 Å². The van der Waals surface area contributed by atoms with Gasteiger partial charge in [0.25, 0.3) is 0 Å². The Balaban J connectivity index is 1.87. The van der Waals surface area contributed by atoms with Crippen LogP contribution in [0.5, 0.6) is 0 Å². The minimum absolute atomic E-state index is 0.679. The maximum absolute atomic E-state index is 5.07. The molecule has 5 heteroatoms. The third-order valence-electron chi connectivity index (χ3n) is 3.51. The van der Waals surface area contributed by atoms with Crippen molar-refractivity contribution < 1.29 is 4.74 Å². The highest BCUT2D eigenvalue weighted by molar-refractivity contribution is 5.61. The van der Waals surface area contributed by atoms with Crippen LogP contribution in [-0.4, -0.2) is 55.6 Å². The molecule has 0 aliphatic rings. The molecule has 2 rings (SSSR count). The van der Waals surface area contributed by atoms with Crippen molar-refractivity contribution in [1.82, 2.24) is 20.0 Å². The molecule has 1 heterocycles. The number of methoxy groups -OCH3 is 1. The van der Waals surface area contributed by atoms with Crippen molar-refractivity contribution in [2.45, 2.75) is 13.1 Å². The minimum atomic E-state index is 0.679. The van der Waals surface area contributed by atoms with E-state index in [1.54, 1.807) is 7.11 Å². The fourth-order valence-electron chi connectivity index (χ4n) is 2.17. The highest BCUT2D eigenvalue weighted by Gasteiger charge is 2.02. The standard InChI is InChI=1S/C17H26N4O/c1-20(2)9-8-18-12-15-4-6-16(7-5-15)17-13-19-21(14-17)10-11-22-3/h4-7,13-14,18H,8-12H2,1-3H3. The summed E-state index contributed by atoms with van der Waals surface area (Å²) in [5.74, 6) is 0. The second kappa shape index (κ2) is 8.68. The van der Waals surface area contributed by atoms with Gasteiger partial charge in [-0.15, -0.1) is 0 Å². The van der Waals surface area contributed by atoms with E-state index >= 15 is 0 Å². The van der Waals surface area contributed by atoms with Crippen LogP contribution >= 0.6 is 0 Å². The normalized spacial score (nSPS) is 11.3. The van der Waals surface area contributed by atoms with E-state index in [4.69, 9.17) is 4.74 Å². The van der Waals surface area contributed by atoms with Gasteiger partial charge in [-0.1, -0.05) is 24.3 Å². The van der Waals surface area contributed by atoms with Crippen LogP contribution in [0.2, 0.25) is 0 Å². The van der Waals surface area contributed by atoms with Crippen LogP contribution in [-0.2, 0) is 17.8 Å². The second-order valence-electron chi connectivity index (χ2n) is 5.66. The van der Waals surface area contributed by atoms with Crippen molar-refractivity contribution in [3.05, 3.63) is 42.2 Å². The summed E-state index contributed by atoms with van der Waals surface area (Å²) in [6, 6.07) is 8.65. The highest BCUT2D eigenvalue weighted by atomic mass is 16.5. The Bertz CT molecular complexity index is 548. The van der Waals surface area contributed by atoms with E-state index in [0.29, 0.717) is 6.61 Å². The molecule has 0 aliphatic carbocycles. The maximum Gasteiger partial charge on any atom is 0.0658 e. The first-order chi connectivity index (χ1) is 10.7. The summed E-state index contributed by atoms with van der Waals surface area (Å²) in [4.78, 5) is 2.18. The molecule has 0 spiro atoms. The lowest BCUT2D eigenvalue weighted by Gasteiger charge is -2.10. The molecule has 0 saturated carbocycles. The molecule has 2 aromatic rings. The summed E-state index contributed by atoms with van der Waals surface area (Å²) in [6.07, 6.45) is 3.96. The fourth-order valence-corrected chi connectivity index (χ4v) is 2.17. The van der Waals surface area contributed by atoms with Crippen LogP contribution < -0.4 is 5.32 Å². The summed E-state index contributed by atoms with van der Waals surface area (Å²) in [6.45, 7) is 4.42. The molecule has 1 aromatic carbocycles. The summed E-state index contributed by atoms with van der Waals surface area (Å²) in [5, 5.41) is 7.80. The van der Waals surface area contributed by atoms with Crippen molar-refractivity contribution in [3.63, 3.8) is 0 Å². The summed E-state index contributed by atoms with van der Waals surface area (Å²) in [5.41, 5.74) is 3.64. The van der Waals surface area contributed by atoms with Gasteiger partial charge in [0, 0.05) is 38.5 Å². The van der Waals surface area contributed by atoms with E-state index in [1.165, 1.54) is 11.1 Å². The number of benzene rings is 1. The topological polar surface area (TPSA) is 42.3 Å². The molecule has 0 unspecified atom stereocenters. The van der Waals surface area contributed by atoms with E-state index in [0.717, 1.165) is 31.7 Å². The zero-order valence-corrected chi connectivity index (χ0v) is 13.7. The van der Waals surface area contributed by atoms with Crippen molar-refractivity contribution >= 4 is 0 Å². The molecule has 0 amide bonds. The average Bonchev–Trinajstić information content (AvgIpc) is 2.99. The number of likely N-dealkylation sites (N-methyl/N-ethyl adjacent to an activating group) is 1. The van der Waals surface area contributed by atoms with E-state index in [-0.39, 0.29) is 0 Å². The maximum atomic E-state index is 5.07. The molecule has 22 heavy (non-hydrogen) atoms. The zero-order valence-electron chi connectivity index (χ0n) is 13.7. The highest BCUT2D eigenvalue weighted by Crippen LogP contribution is 2.19. The molecule has 1 N–H and O–H groups in total. The van der Waals surface area contributed by atoms with Gasteiger partial charge in [0.15, 0.2) is 0 Å². The number of nitrogens with zero attached hydrogens (tertiary/aromatic N) is 3. The summed E-state index contributed by atoms with van der Waals surface area (Å²) in [7, 11) is 5.88. The number of rotatable bonds is 9. The number of hydrogen-bond acceptors (Lipinski definition) is 4. The van der Waals surface area contributed by atoms with Gasteiger partial charge in [0.2, 0.25) is 0 Å². The number of ether oxygens (including phenoxy) is 1. The molecule has 0 fully saturated rings. The van der Waals surface area contributed by atoms with Crippen LogP contribution in [0.25, 0.3) is 11.1 Å². The van der Waals surface area contributed by atoms with E-state index in [2.05, 4.69) is 59.9 Å². The van der Waals surface area contributed by atoms with Gasteiger partial charge in [0.05, 0.1) is 19.3 Å². The lowest BCUT2D eigenvalue weighted by atomic mass is 10.1.